The van der Waals surface area contributed by atoms with Gasteiger partial charge in [0.25, 0.3) is 5.91 Å². The number of halogens is 1. The number of nitrogens with one attached hydrogen (secondary N) is 1. The second-order valence-electron chi connectivity index (χ2n) is 9.51. The summed E-state index contributed by atoms with van der Waals surface area (Å²) in [5.41, 5.74) is -0.269. The van der Waals surface area contributed by atoms with Gasteiger partial charge in [0.2, 0.25) is 17.4 Å². The Hall–Kier alpha value is -3.46. The summed E-state index contributed by atoms with van der Waals surface area (Å²) in [4.78, 5) is 57.4. The average molecular weight is 646 g/mol. The lowest BCUT2D eigenvalue weighted by Gasteiger charge is -2.54. The van der Waals surface area contributed by atoms with E-state index in [9.17, 15) is 19.2 Å². The van der Waals surface area contributed by atoms with Gasteiger partial charge in [-0.3, -0.25) is 19.2 Å². The molecule has 0 saturated carbocycles. The highest BCUT2D eigenvalue weighted by atomic mass is 35.5. The molecule has 3 heterocycles. The van der Waals surface area contributed by atoms with E-state index in [1.807, 2.05) is 60.7 Å². The molecule has 2 N–H and O–H groups in total. The van der Waals surface area contributed by atoms with E-state index in [1.54, 1.807) is 0 Å². The fourth-order valence-corrected chi connectivity index (χ4v) is 8.06. The number of carbonyl (C=O) groups excluding carboxylic acids is 4. The van der Waals surface area contributed by atoms with Crippen LogP contribution in [0.2, 0.25) is 0 Å². The zero-order valence-corrected chi connectivity index (χ0v) is 25.0. The van der Waals surface area contributed by atoms with Gasteiger partial charge in [-0.15, -0.1) is 23.4 Å². The highest BCUT2D eigenvalue weighted by molar-refractivity contribution is 8.01. The topological polar surface area (TPSA) is 151 Å². The van der Waals surface area contributed by atoms with Crippen LogP contribution in [0.15, 0.2) is 76.5 Å². The molecule has 2 unspecified atom stereocenters. The van der Waals surface area contributed by atoms with E-state index in [2.05, 4.69) is 19.8 Å². The maximum Gasteiger partial charge on any atom is 0.316 e. The molecule has 5 rings (SSSR count). The van der Waals surface area contributed by atoms with Crippen molar-refractivity contribution in [3.8, 4) is 0 Å². The number of hydrogen-bond donors (Lipinski definition) is 2. The molecule has 15 heteroatoms. The number of amides is 2. The lowest BCUT2D eigenvalue weighted by Crippen LogP contribution is -2.74. The molecule has 2 saturated heterocycles. The summed E-state index contributed by atoms with van der Waals surface area (Å²) in [5, 5.41) is 13.8. The van der Waals surface area contributed by atoms with Gasteiger partial charge in [-0.2, -0.15) is 4.37 Å². The molecule has 0 bridgehead atoms. The highest BCUT2D eigenvalue weighted by Crippen LogP contribution is 2.46. The van der Waals surface area contributed by atoms with Gasteiger partial charge in [0, 0.05) is 18.1 Å². The molecule has 0 aliphatic carbocycles. The number of carbonyl (C=O) groups is 4. The van der Waals surface area contributed by atoms with Crippen LogP contribution >= 0.6 is 46.7 Å². The number of ether oxygens (including phenoxy) is 1. The van der Waals surface area contributed by atoms with Crippen molar-refractivity contribution in [2.24, 2.45) is 10.6 Å². The largest absolute Gasteiger partial charge is 0.452 e. The summed E-state index contributed by atoms with van der Waals surface area (Å²) in [6.45, 7) is 0.0539. The van der Waals surface area contributed by atoms with E-state index < -0.39 is 58.1 Å². The number of oxime groups is 1. The third-order valence-corrected chi connectivity index (χ3v) is 10.7. The fourth-order valence-electron chi connectivity index (χ4n) is 4.64. The first-order valence-electron chi connectivity index (χ1n) is 12.6. The Kier molecular flexibility index (Phi) is 9.46. The lowest BCUT2D eigenvalue weighted by atomic mass is 9.88. The molecule has 2 aliphatic rings. The van der Waals surface area contributed by atoms with Crippen molar-refractivity contribution in [1.82, 2.24) is 19.6 Å². The van der Waals surface area contributed by atoms with Crippen LogP contribution in [-0.4, -0.2) is 84.1 Å². The summed E-state index contributed by atoms with van der Waals surface area (Å²) in [6, 6.07) is 17.9. The number of thioether (sulfide) groups is 2. The molecular formula is C27H24ClN5O6S3. The number of Topliss-reactive ketones (excluding diaryl/α,β-unsaturated/α-hetero) is 1. The second kappa shape index (κ2) is 13.2. The van der Waals surface area contributed by atoms with Gasteiger partial charge in [-0.05, 0) is 22.7 Å². The average Bonchev–Trinajstić information content (AvgIpc) is 3.56. The first-order valence-corrected chi connectivity index (χ1v) is 16.0. The zero-order valence-electron chi connectivity index (χ0n) is 21.8. The van der Waals surface area contributed by atoms with Crippen molar-refractivity contribution < 1.29 is 29.1 Å². The standard InChI is InChI=1S/C27H24ClN5O6S3/c28-11-18(34)19(32-38)22(35)31-20-23(36)33-12-27(13-40-24(20)33,14-41-26-29-15-30-42-26)25(37)39-21(16-7-3-1-4-8-16)17-9-5-2-6-10-17/h1-10,15,20-21,24,38H,11-14H2,(H,31,35)/t20?,24-,27?/m1/s1. The van der Waals surface area contributed by atoms with Crippen LogP contribution < -0.4 is 5.32 Å². The monoisotopic (exact) mass is 645 g/mol. The summed E-state index contributed by atoms with van der Waals surface area (Å²) < 4.78 is 11.0. The maximum atomic E-state index is 14.1. The van der Waals surface area contributed by atoms with Crippen molar-refractivity contribution in [3.05, 3.63) is 78.1 Å². The van der Waals surface area contributed by atoms with Crippen molar-refractivity contribution in [1.29, 1.82) is 0 Å². The quantitative estimate of drug-likeness (QED) is 0.0465. The Morgan fingerprint density at radius 2 is 1.83 bits per heavy atom. The molecule has 2 amide bonds. The van der Waals surface area contributed by atoms with Crippen molar-refractivity contribution >= 4 is 75.9 Å². The van der Waals surface area contributed by atoms with Crippen LogP contribution in [0.4, 0.5) is 0 Å². The number of alkyl halides is 1. The van der Waals surface area contributed by atoms with Crippen LogP contribution in [0.25, 0.3) is 0 Å². The van der Waals surface area contributed by atoms with E-state index in [0.717, 1.165) is 11.1 Å². The number of rotatable bonds is 11. The summed E-state index contributed by atoms with van der Waals surface area (Å²) in [7, 11) is 0. The smallest absolute Gasteiger partial charge is 0.316 e. The van der Waals surface area contributed by atoms with Crippen molar-refractivity contribution in [3.63, 3.8) is 0 Å². The van der Waals surface area contributed by atoms with Gasteiger partial charge in [0.15, 0.2) is 10.4 Å². The van der Waals surface area contributed by atoms with Crippen molar-refractivity contribution in [2.45, 2.75) is 21.9 Å². The number of fused-ring (bicyclic) bond motifs is 1. The van der Waals surface area contributed by atoms with Crippen molar-refractivity contribution in [2.75, 3.05) is 23.9 Å². The first kappa shape index (κ1) is 30.0. The van der Waals surface area contributed by atoms with E-state index >= 15 is 0 Å². The normalized spacial score (nSPS) is 21.8. The maximum absolute atomic E-state index is 14.1. The predicted octanol–water partition coefficient (Wildman–Crippen LogP) is 2.99. The fraction of sp³-hybridized carbons (Fsp3) is 0.296. The molecule has 2 fully saturated rings. The number of esters is 1. The molecule has 2 aliphatic heterocycles. The lowest BCUT2D eigenvalue weighted by molar-refractivity contribution is -0.164. The van der Waals surface area contributed by atoms with Crippen LogP contribution in [0.5, 0.6) is 0 Å². The molecule has 3 atom stereocenters. The van der Waals surface area contributed by atoms with E-state index in [4.69, 9.17) is 21.5 Å². The minimum absolute atomic E-state index is 0.0539. The molecular weight excluding hydrogens is 622 g/mol. The second-order valence-corrected chi connectivity index (χ2v) is 12.9. The van der Waals surface area contributed by atoms with Crippen LogP contribution in [0.1, 0.15) is 17.2 Å². The summed E-state index contributed by atoms with van der Waals surface area (Å²) >= 11 is 9.37. The first-order chi connectivity index (χ1) is 20.4. The van der Waals surface area contributed by atoms with Gasteiger partial charge in [-0.1, -0.05) is 77.6 Å². The van der Waals surface area contributed by atoms with E-state index in [1.165, 1.54) is 46.3 Å². The van der Waals surface area contributed by atoms with E-state index in [-0.39, 0.29) is 18.1 Å². The van der Waals surface area contributed by atoms with Crippen LogP contribution in [-0.2, 0) is 23.9 Å². The predicted molar refractivity (Wildman–Crippen MR) is 159 cm³/mol. The summed E-state index contributed by atoms with van der Waals surface area (Å²) in [6.07, 6.45) is 0.774. The molecule has 11 nitrogen and oxygen atoms in total. The molecule has 0 radical (unpaired) electrons. The summed E-state index contributed by atoms with van der Waals surface area (Å²) in [5.74, 6) is -2.76. The Morgan fingerprint density at radius 1 is 1.17 bits per heavy atom. The van der Waals surface area contributed by atoms with E-state index in [0.29, 0.717) is 4.34 Å². The van der Waals surface area contributed by atoms with Crippen LogP contribution in [0, 0.1) is 5.41 Å². The van der Waals surface area contributed by atoms with Gasteiger partial charge < -0.3 is 20.2 Å². The molecule has 42 heavy (non-hydrogen) atoms. The Bertz CT molecular complexity index is 1440. The number of ketones is 1. The zero-order chi connectivity index (χ0) is 29.7. The molecule has 3 aromatic rings. The molecule has 2 aromatic carbocycles. The minimum atomic E-state index is -1.10. The molecule has 1 aromatic heterocycles. The van der Waals surface area contributed by atoms with Gasteiger partial charge in [-0.25, -0.2) is 4.98 Å². The molecule has 218 valence electrons. The van der Waals surface area contributed by atoms with Crippen LogP contribution in [0.3, 0.4) is 0 Å². The van der Waals surface area contributed by atoms with Gasteiger partial charge >= 0.3 is 5.97 Å². The number of β-lactam (4-membered cyclic amide) rings is 1. The number of nitrogens with zero attached hydrogens (tertiary/aromatic N) is 4. The number of benzene rings is 2. The highest BCUT2D eigenvalue weighted by Gasteiger charge is 2.58. The Balaban J connectivity index is 1.37. The SMILES string of the molecule is O=C(CCl)C(=NO)C(=O)NC1C(=O)N2CC(CSc3ncns3)(C(=O)OC(c3ccccc3)c3ccccc3)CS[C@H]12. The van der Waals surface area contributed by atoms with Gasteiger partial charge in [0.1, 0.15) is 23.2 Å². The third-order valence-electron chi connectivity index (χ3n) is 6.81. The van der Waals surface area contributed by atoms with Gasteiger partial charge in [0.05, 0.1) is 5.88 Å². The number of aromatic nitrogens is 2. The minimum Gasteiger partial charge on any atom is -0.452 e. The Labute approximate surface area is 258 Å². The molecule has 0 spiro atoms. The third kappa shape index (κ3) is 6.16. The Morgan fingerprint density at radius 3 is 2.40 bits per heavy atom. The number of hydrogen-bond acceptors (Lipinski definition) is 12.